The number of halogens is 3. The average molecular weight is 549 g/mol. The summed E-state index contributed by atoms with van der Waals surface area (Å²) in [6, 6.07) is 0. The summed E-state index contributed by atoms with van der Waals surface area (Å²) in [4.78, 5) is 53.6. The molecule has 3 heterocycles. The number of esters is 1. The van der Waals surface area contributed by atoms with Gasteiger partial charge in [-0.15, -0.1) is 0 Å². The molecule has 2 aromatic heterocycles. The zero-order chi connectivity index (χ0) is 27.9. The minimum atomic E-state index is -5.08. The van der Waals surface area contributed by atoms with Crippen LogP contribution in [0.15, 0.2) is 21.2 Å². The van der Waals surface area contributed by atoms with E-state index in [1.807, 2.05) is 24.5 Å². The number of rotatable bonds is 7. The molecule has 12 nitrogen and oxygen atoms in total. The van der Waals surface area contributed by atoms with Crippen molar-refractivity contribution in [1.29, 1.82) is 0 Å². The number of imidazole rings is 1. The number of piperazine rings is 1. The van der Waals surface area contributed by atoms with Crippen LogP contribution in [0.2, 0.25) is 0 Å². The van der Waals surface area contributed by atoms with Crippen LogP contribution in [-0.2, 0) is 34.5 Å². The molecule has 0 saturated carbocycles. The number of nitrogens with one attached hydrogen (secondary N) is 1. The van der Waals surface area contributed by atoms with Gasteiger partial charge in [-0.2, -0.15) is 18.2 Å². The highest BCUT2D eigenvalue weighted by Crippen LogP contribution is 2.20. The van der Waals surface area contributed by atoms with Gasteiger partial charge in [-0.3, -0.25) is 18.7 Å². The molecule has 0 unspecified atom stereocenters. The summed E-state index contributed by atoms with van der Waals surface area (Å²) in [5.41, 5.74) is 0.916. The van der Waals surface area contributed by atoms with E-state index in [0.717, 1.165) is 36.3 Å². The normalized spacial score (nSPS) is 13.3. The molecule has 1 fully saturated rings. The number of carboxylic acid groups (broad SMARTS) is 1. The number of hydrogen-bond acceptors (Lipinski definition) is 8. The van der Waals surface area contributed by atoms with Crippen molar-refractivity contribution in [3.8, 4) is 0 Å². The van der Waals surface area contributed by atoms with Gasteiger partial charge in [0.05, 0.1) is 13.0 Å². The second kappa shape index (κ2) is 13.8. The number of allylic oxidation sites excluding steroid dienone is 2. The maximum absolute atomic E-state index is 13.3. The van der Waals surface area contributed by atoms with E-state index >= 15 is 0 Å². The largest absolute Gasteiger partial charge is 0.490 e. The first-order valence-corrected chi connectivity index (χ1v) is 11.5. The van der Waals surface area contributed by atoms with Gasteiger partial charge < -0.3 is 24.6 Å². The number of aliphatic carboxylic acids is 1. The average Bonchev–Trinajstić information content (AvgIpc) is 3.21. The fourth-order valence-electron chi connectivity index (χ4n) is 3.55. The summed E-state index contributed by atoms with van der Waals surface area (Å²) >= 11 is 0. The van der Waals surface area contributed by atoms with Crippen molar-refractivity contribution in [1.82, 2.24) is 24.0 Å². The number of alkyl halides is 3. The molecular weight excluding hydrogens is 513 g/mol. The summed E-state index contributed by atoms with van der Waals surface area (Å²) in [7, 11) is 1.60. The Balaban J connectivity index is 0.000000797. The molecule has 2 N–H and O–H groups in total. The molecular formula is C23H35F3N6O6. The highest BCUT2D eigenvalue weighted by Gasteiger charge is 2.38. The third-order valence-corrected chi connectivity index (χ3v) is 5.38. The lowest BCUT2D eigenvalue weighted by atomic mass is 10.3. The number of aromatic nitrogens is 4. The van der Waals surface area contributed by atoms with Gasteiger partial charge in [0.15, 0.2) is 11.2 Å². The Labute approximate surface area is 217 Å². The molecule has 0 bridgehead atoms. The van der Waals surface area contributed by atoms with Crippen molar-refractivity contribution < 1.29 is 32.6 Å². The van der Waals surface area contributed by atoms with Gasteiger partial charge in [-0.05, 0) is 20.8 Å². The highest BCUT2D eigenvalue weighted by atomic mass is 19.4. The molecule has 0 spiro atoms. The number of nitrogens with zero attached hydrogens (tertiary/aromatic N) is 5. The fraction of sp³-hybridized carbons (Fsp3) is 0.609. The van der Waals surface area contributed by atoms with Crippen LogP contribution in [0.4, 0.5) is 19.1 Å². The molecule has 15 heteroatoms. The number of hydrogen-bond donors (Lipinski definition) is 2. The second-order valence-electron chi connectivity index (χ2n) is 8.37. The van der Waals surface area contributed by atoms with Crippen LogP contribution in [0.3, 0.4) is 0 Å². The molecule has 0 atom stereocenters. The maximum atomic E-state index is 13.3. The predicted octanol–water partition coefficient (Wildman–Crippen LogP) is 1.50. The minimum absolute atomic E-state index is 0. The number of aryl methyl sites for hydroxylation is 1. The smallest absolute Gasteiger partial charge is 0.475 e. The first-order chi connectivity index (χ1) is 17.3. The lowest BCUT2D eigenvalue weighted by molar-refractivity contribution is -0.192. The summed E-state index contributed by atoms with van der Waals surface area (Å²) in [6.45, 7) is 9.60. The predicted molar refractivity (Wildman–Crippen MR) is 135 cm³/mol. The first kappa shape index (κ1) is 32.4. The van der Waals surface area contributed by atoms with Crippen LogP contribution >= 0.6 is 0 Å². The van der Waals surface area contributed by atoms with Crippen molar-refractivity contribution in [2.24, 2.45) is 7.05 Å². The summed E-state index contributed by atoms with van der Waals surface area (Å²) in [6.07, 6.45) is -3.10. The molecule has 2 aromatic rings. The topological polar surface area (TPSA) is 141 Å². The van der Waals surface area contributed by atoms with E-state index < -0.39 is 29.4 Å². The number of carbonyl (C=O) groups excluding carboxylic acids is 1. The van der Waals surface area contributed by atoms with Crippen molar-refractivity contribution in [3.05, 3.63) is 32.5 Å². The molecule has 1 aliphatic heterocycles. The number of carboxylic acids is 1. The second-order valence-corrected chi connectivity index (χ2v) is 8.37. The Bertz CT molecular complexity index is 1270. The zero-order valence-corrected chi connectivity index (χ0v) is 21.1. The molecule has 0 radical (unpaired) electrons. The molecule has 0 amide bonds. The Kier molecular flexibility index (Phi) is 11.8. The molecule has 214 valence electrons. The standard InChI is InChI=1S/C20H30N6O4.C2HF3O2.CH4/c1-5-30-15(27)7-11-26-18(28)16-17(23(4)20(26)29)22-19(24-12-8-21-9-13-24)25(16)10-6-14(2)3;3-2(4,5)1(6)7;/h6,21H,5,7-13H2,1-4H3;(H,6,7);1H4. The van der Waals surface area contributed by atoms with Crippen LogP contribution in [0.1, 0.15) is 34.6 Å². The minimum Gasteiger partial charge on any atom is -0.475 e. The maximum Gasteiger partial charge on any atom is 0.490 e. The lowest BCUT2D eigenvalue weighted by Crippen LogP contribution is -2.44. The van der Waals surface area contributed by atoms with Gasteiger partial charge in [0.2, 0.25) is 5.95 Å². The van der Waals surface area contributed by atoms with E-state index in [2.05, 4.69) is 10.2 Å². The number of fused-ring (bicyclic) bond motifs is 1. The summed E-state index contributed by atoms with van der Waals surface area (Å²) in [5.74, 6) is -2.52. The summed E-state index contributed by atoms with van der Waals surface area (Å²) < 4.78 is 41.0. The van der Waals surface area contributed by atoms with E-state index in [9.17, 15) is 27.6 Å². The van der Waals surface area contributed by atoms with Crippen molar-refractivity contribution >= 4 is 29.1 Å². The Morgan fingerprint density at radius 2 is 1.74 bits per heavy atom. The highest BCUT2D eigenvalue weighted by molar-refractivity contribution is 5.75. The Hall–Kier alpha value is -3.62. The molecule has 0 aliphatic carbocycles. The van der Waals surface area contributed by atoms with E-state index in [-0.39, 0.29) is 27.0 Å². The zero-order valence-electron chi connectivity index (χ0n) is 21.1. The number of ether oxygens (including phenoxy) is 1. The molecule has 38 heavy (non-hydrogen) atoms. The summed E-state index contributed by atoms with van der Waals surface area (Å²) in [5, 5.41) is 10.4. The van der Waals surface area contributed by atoms with Crippen molar-refractivity contribution in [3.63, 3.8) is 0 Å². The molecule has 3 rings (SSSR count). The van der Waals surface area contributed by atoms with E-state index in [1.165, 1.54) is 4.57 Å². The van der Waals surface area contributed by atoms with Gasteiger partial charge in [0.25, 0.3) is 5.56 Å². The van der Waals surface area contributed by atoms with Crippen LogP contribution in [0, 0.1) is 0 Å². The first-order valence-electron chi connectivity index (χ1n) is 11.5. The van der Waals surface area contributed by atoms with Gasteiger partial charge >= 0.3 is 23.8 Å². The van der Waals surface area contributed by atoms with Crippen LogP contribution in [0.5, 0.6) is 0 Å². The monoisotopic (exact) mass is 548 g/mol. The van der Waals surface area contributed by atoms with Crippen molar-refractivity contribution in [2.45, 2.75) is 53.9 Å². The van der Waals surface area contributed by atoms with Gasteiger partial charge in [-0.1, -0.05) is 19.1 Å². The quantitative estimate of drug-likeness (QED) is 0.389. The van der Waals surface area contributed by atoms with Crippen LogP contribution < -0.4 is 21.5 Å². The Morgan fingerprint density at radius 1 is 1.16 bits per heavy atom. The van der Waals surface area contributed by atoms with Crippen LogP contribution in [-0.4, -0.2) is 74.7 Å². The third-order valence-electron chi connectivity index (χ3n) is 5.38. The van der Waals surface area contributed by atoms with Crippen LogP contribution in [0.25, 0.3) is 11.2 Å². The Morgan fingerprint density at radius 3 is 2.24 bits per heavy atom. The fourth-order valence-corrected chi connectivity index (χ4v) is 3.55. The third kappa shape index (κ3) is 7.94. The van der Waals surface area contributed by atoms with E-state index in [4.69, 9.17) is 19.6 Å². The molecule has 1 saturated heterocycles. The lowest BCUT2D eigenvalue weighted by Gasteiger charge is -2.28. The SMILES string of the molecule is C.CCOC(=O)CCn1c(=O)c2c(nc(N3CCNCC3)n2CC=C(C)C)n(C)c1=O.O=C(O)C(F)(F)F. The van der Waals surface area contributed by atoms with Gasteiger partial charge in [0.1, 0.15) is 0 Å². The molecule has 0 aromatic carbocycles. The van der Waals surface area contributed by atoms with Gasteiger partial charge in [-0.25, -0.2) is 9.59 Å². The molecule has 1 aliphatic rings. The van der Waals surface area contributed by atoms with Crippen molar-refractivity contribution in [2.75, 3.05) is 37.7 Å². The van der Waals surface area contributed by atoms with E-state index in [0.29, 0.717) is 23.7 Å². The number of carbonyl (C=O) groups is 2. The van der Waals surface area contributed by atoms with E-state index in [1.54, 1.807) is 14.0 Å². The van der Waals surface area contributed by atoms with Gasteiger partial charge in [0, 0.05) is 46.3 Å². The number of anilines is 1.